The number of hydrogen-bond donors (Lipinski definition) is 1. The smallest absolute Gasteiger partial charge is 0.225 e. The van der Waals surface area contributed by atoms with Gasteiger partial charge < -0.3 is 5.32 Å². The number of aryl methyl sites for hydroxylation is 1. The van der Waals surface area contributed by atoms with E-state index in [1.165, 1.54) is 11.3 Å². The first-order chi connectivity index (χ1) is 10.0. The van der Waals surface area contributed by atoms with Crippen molar-refractivity contribution in [2.24, 2.45) is 0 Å². The van der Waals surface area contributed by atoms with E-state index in [9.17, 15) is 4.79 Å². The molecule has 1 aromatic heterocycles. The Morgan fingerprint density at radius 2 is 2.24 bits per heavy atom. The number of rotatable bonds is 5. The van der Waals surface area contributed by atoms with Crippen LogP contribution in [0.2, 0.25) is 5.02 Å². The van der Waals surface area contributed by atoms with Crippen LogP contribution in [0, 0.1) is 6.92 Å². The van der Waals surface area contributed by atoms with E-state index in [0.29, 0.717) is 18.1 Å². The number of anilines is 2. The van der Waals surface area contributed by atoms with Crippen molar-refractivity contribution in [3.8, 4) is 0 Å². The maximum absolute atomic E-state index is 11.5. The van der Waals surface area contributed by atoms with E-state index in [-0.39, 0.29) is 5.91 Å². The van der Waals surface area contributed by atoms with Gasteiger partial charge >= 0.3 is 0 Å². The topological polar surface area (TPSA) is 45.2 Å². The molecule has 2 aromatic rings. The van der Waals surface area contributed by atoms with Crippen molar-refractivity contribution in [1.82, 2.24) is 4.98 Å². The summed E-state index contributed by atoms with van der Waals surface area (Å²) >= 11 is 7.48. The average molecular weight is 324 g/mol. The quantitative estimate of drug-likeness (QED) is 0.901. The van der Waals surface area contributed by atoms with Crippen LogP contribution in [0.15, 0.2) is 23.6 Å². The van der Waals surface area contributed by atoms with Crippen LogP contribution in [0.4, 0.5) is 10.8 Å². The first kappa shape index (κ1) is 15.8. The summed E-state index contributed by atoms with van der Waals surface area (Å²) in [7, 11) is 0. The maximum atomic E-state index is 11.5. The van der Waals surface area contributed by atoms with E-state index in [0.717, 1.165) is 22.1 Å². The molecule has 4 nitrogen and oxygen atoms in total. The second kappa shape index (κ2) is 6.91. The summed E-state index contributed by atoms with van der Waals surface area (Å²) in [4.78, 5) is 17.7. The number of nitrogens with one attached hydrogen (secondary N) is 1. The Hall–Kier alpha value is -1.59. The van der Waals surface area contributed by atoms with Crippen molar-refractivity contribution in [3.63, 3.8) is 0 Å². The lowest BCUT2D eigenvalue weighted by Gasteiger charge is -2.14. The molecule has 0 spiro atoms. The second-order valence-corrected chi connectivity index (χ2v) is 5.97. The normalized spacial score (nSPS) is 10.5. The summed E-state index contributed by atoms with van der Waals surface area (Å²) in [5.74, 6) is 0.0112. The summed E-state index contributed by atoms with van der Waals surface area (Å²) in [6, 6.07) is 5.75. The molecule has 6 heteroatoms. The number of carbonyl (C=O) groups excluding carboxylic acids is 1. The Labute approximate surface area is 133 Å². The molecule has 0 saturated heterocycles. The van der Waals surface area contributed by atoms with Gasteiger partial charge in [-0.3, -0.25) is 9.69 Å². The predicted molar refractivity (Wildman–Crippen MR) is 89.3 cm³/mol. The van der Waals surface area contributed by atoms with E-state index >= 15 is 0 Å². The molecule has 2 rings (SSSR count). The highest BCUT2D eigenvalue weighted by molar-refractivity contribution is 7.14. The van der Waals surface area contributed by atoms with E-state index in [1.54, 1.807) is 11.8 Å². The molecule has 0 radical (unpaired) electrons. The van der Waals surface area contributed by atoms with Gasteiger partial charge in [0, 0.05) is 29.6 Å². The Kier molecular flexibility index (Phi) is 5.20. The molecule has 0 unspecified atom stereocenters. The molecular formula is C15H18ClN3OS. The highest BCUT2D eigenvalue weighted by Crippen LogP contribution is 2.23. The Morgan fingerprint density at radius 3 is 2.90 bits per heavy atom. The molecule has 0 aliphatic heterocycles. The molecule has 21 heavy (non-hydrogen) atoms. The SMILES string of the molecule is CCN(C(C)=O)c1nc(CNc2cc(Cl)ccc2C)cs1. The van der Waals surface area contributed by atoms with Crippen LogP contribution in [0.25, 0.3) is 0 Å². The molecule has 1 N–H and O–H groups in total. The first-order valence-electron chi connectivity index (χ1n) is 6.73. The lowest BCUT2D eigenvalue weighted by molar-refractivity contribution is -0.116. The molecule has 1 aromatic carbocycles. The number of benzene rings is 1. The van der Waals surface area contributed by atoms with E-state index in [2.05, 4.69) is 10.3 Å². The largest absolute Gasteiger partial charge is 0.379 e. The van der Waals surface area contributed by atoms with Crippen molar-refractivity contribution >= 4 is 39.7 Å². The van der Waals surface area contributed by atoms with Crippen LogP contribution in [0.3, 0.4) is 0 Å². The first-order valence-corrected chi connectivity index (χ1v) is 7.99. The summed E-state index contributed by atoms with van der Waals surface area (Å²) in [6.07, 6.45) is 0. The van der Waals surface area contributed by atoms with Crippen LogP contribution in [0.5, 0.6) is 0 Å². The van der Waals surface area contributed by atoms with Gasteiger partial charge in [0.2, 0.25) is 5.91 Å². The monoisotopic (exact) mass is 323 g/mol. The van der Waals surface area contributed by atoms with Crippen LogP contribution in [0.1, 0.15) is 25.1 Å². The summed E-state index contributed by atoms with van der Waals surface area (Å²) < 4.78 is 0. The van der Waals surface area contributed by atoms with Gasteiger partial charge in [-0.1, -0.05) is 17.7 Å². The van der Waals surface area contributed by atoms with Crippen molar-refractivity contribution in [3.05, 3.63) is 39.9 Å². The number of amides is 1. The highest BCUT2D eigenvalue weighted by Gasteiger charge is 2.13. The van der Waals surface area contributed by atoms with Crippen molar-refractivity contribution < 1.29 is 4.79 Å². The Balaban J connectivity index is 2.06. The van der Waals surface area contributed by atoms with Gasteiger partial charge in [-0.05, 0) is 31.5 Å². The van der Waals surface area contributed by atoms with Gasteiger partial charge in [0.15, 0.2) is 5.13 Å². The van der Waals surface area contributed by atoms with E-state index < -0.39 is 0 Å². The van der Waals surface area contributed by atoms with Crippen LogP contribution >= 0.6 is 22.9 Å². The van der Waals surface area contributed by atoms with E-state index in [1.807, 2.05) is 37.4 Å². The maximum Gasteiger partial charge on any atom is 0.225 e. The molecule has 1 amide bonds. The Morgan fingerprint density at radius 1 is 1.48 bits per heavy atom. The lowest BCUT2D eigenvalue weighted by atomic mass is 10.2. The summed E-state index contributed by atoms with van der Waals surface area (Å²) in [5, 5.41) is 6.74. The van der Waals surface area contributed by atoms with E-state index in [4.69, 9.17) is 11.6 Å². The molecule has 0 atom stereocenters. The summed E-state index contributed by atoms with van der Waals surface area (Å²) in [6.45, 7) is 6.75. The minimum absolute atomic E-state index is 0.0112. The molecule has 0 aliphatic carbocycles. The molecule has 0 aliphatic rings. The van der Waals surface area contributed by atoms with Gasteiger partial charge in [0.1, 0.15) is 0 Å². The molecule has 0 saturated carbocycles. The second-order valence-electron chi connectivity index (χ2n) is 4.70. The fourth-order valence-electron chi connectivity index (χ4n) is 1.96. The molecule has 1 heterocycles. The molecular weight excluding hydrogens is 306 g/mol. The number of nitrogens with zero attached hydrogens (tertiary/aromatic N) is 2. The fraction of sp³-hybridized carbons (Fsp3) is 0.333. The average Bonchev–Trinajstić information content (AvgIpc) is 2.89. The van der Waals surface area contributed by atoms with Crippen LogP contribution < -0.4 is 10.2 Å². The molecule has 0 bridgehead atoms. The van der Waals surface area contributed by atoms with Crippen molar-refractivity contribution in [1.29, 1.82) is 0 Å². The number of carbonyl (C=O) groups is 1. The minimum Gasteiger partial charge on any atom is -0.379 e. The van der Waals surface area contributed by atoms with Gasteiger partial charge in [0.25, 0.3) is 0 Å². The Bertz CT molecular complexity index is 642. The lowest BCUT2D eigenvalue weighted by Crippen LogP contribution is -2.27. The van der Waals surface area contributed by atoms with Gasteiger partial charge in [0.05, 0.1) is 12.2 Å². The predicted octanol–water partition coefficient (Wildman–Crippen LogP) is 4.09. The highest BCUT2D eigenvalue weighted by atomic mass is 35.5. The third-order valence-corrected chi connectivity index (χ3v) is 4.27. The molecule has 0 fully saturated rings. The minimum atomic E-state index is 0.0112. The zero-order valence-corrected chi connectivity index (χ0v) is 13.9. The molecule has 112 valence electrons. The third-order valence-electron chi connectivity index (χ3n) is 3.13. The third kappa shape index (κ3) is 3.95. The van der Waals surface area contributed by atoms with Crippen LogP contribution in [-0.2, 0) is 11.3 Å². The van der Waals surface area contributed by atoms with Gasteiger partial charge in [-0.2, -0.15) is 0 Å². The van der Waals surface area contributed by atoms with Crippen molar-refractivity contribution in [2.45, 2.75) is 27.3 Å². The summed E-state index contributed by atoms with van der Waals surface area (Å²) in [5.41, 5.74) is 3.04. The number of thiazole rings is 1. The van der Waals surface area contributed by atoms with Gasteiger partial charge in [-0.15, -0.1) is 11.3 Å². The van der Waals surface area contributed by atoms with Gasteiger partial charge in [-0.25, -0.2) is 4.98 Å². The number of hydrogen-bond acceptors (Lipinski definition) is 4. The zero-order chi connectivity index (χ0) is 15.4. The fourth-order valence-corrected chi connectivity index (χ4v) is 3.07. The number of aromatic nitrogens is 1. The standard InChI is InChI=1S/C15H18ClN3OS/c1-4-19(11(3)20)15-18-13(9-21-15)8-17-14-7-12(16)6-5-10(14)2/h5-7,9,17H,4,8H2,1-3H3. The van der Waals surface area contributed by atoms with Crippen molar-refractivity contribution in [2.75, 3.05) is 16.8 Å². The van der Waals surface area contributed by atoms with Crippen LogP contribution in [-0.4, -0.2) is 17.4 Å². The number of halogens is 1. The zero-order valence-electron chi connectivity index (χ0n) is 12.3.